The molecule has 1 heterocycles. The summed E-state index contributed by atoms with van der Waals surface area (Å²) in [5.41, 5.74) is 5.19. The summed E-state index contributed by atoms with van der Waals surface area (Å²) in [5.74, 6) is 0. The smallest absolute Gasteiger partial charge is 0.0410 e. The van der Waals surface area contributed by atoms with E-state index in [1.54, 1.807) is 0 Å². The van der Waals surface area contributed by atoms with Crippen molar-refractivity contribution in [2.24, 2.45) is 0 Å². The Hall–Kier alpha value is -1.84. The maximum atomic E-state index is 2.60. The second-order valence-corrected chi connectivity index (χ2v) is 7.32. The molecule has 0 radical (unpaired) electrons. The molecule has 3 heteroatoms. The number of rotatable bonds is 6. The van der Waals surface area contributed by atoms with E-state index in [1.807, 2.05) is 0 Å². The lowest BCUT2D eigenvalue weighted by Crippen LogP contribution is -2.45. The number of piperazine rings is 1. The highest BCUT2D eigenvalue weighted by molar-refractivity contribution is 5.63. The summed E-state index contributed by atoms with van der Waals surface area (Å²) >= 11 is 0. The molecule has 3 nitrogen and oxygen atoms in total. The van der Waals surface area contributed by atoms with Gasteiger partial charge in [0.15, 0.2) is 0 Å². The van der Waals surface area contributed by atoms with Crippen LogP contribution in [0.1, 0.15) is 17.5 Å². The summed E-state index contributed by atoms with van der Waals surface area (Å²) < 4.78 is 0. The molecule has 0 aromatic heterocycles. The van der Waals surface area contributed by atoms with Crippen LogP contribution in [0, 0.1) is 13.8 Å². The summed E-state index contributed by atoms with van der Waals surface area (Å²) in [7, 11) is 2.22. The molecule has 3 rings (SSSR count). The topological polar surface area (TPSA) is 9.72 Å². The van der Waals surface area contributed by atoms with Crippen molar-refractivity contribution in [1.29, 1.82) is 0 Å². The highest BCUT2D eigenvalue weighted by atomic mass is 15.2. The Morgan fingerprint density at radius 3 is 1.72 bits per heavy atom. The zero-order valence-corrected chi connectivity index (χ0v) is 15.9. The van der Waals surface area contributed by atoms with Gasteiger partial charge < -0.3 is 14.7 Å². The largest absolute Gasteiger partial charge is 0.341 e. The molecular weight excluding hydrogens is 306 g/mol. The summed E-state index contributed by atoms with van der Waals surface area (Å²) in [5, 5.41) is 0. The van der Waals surface area contributed by atoms with Gasteiger partial charge in [-0.3, -0.25) is 0 Å². The SMILES string of the molecule is Cc1ccc(N(CCCN2CCN(C)CC2)c2ccc(C)cc2)cc1. The third-order valence-corrected chi connectivity index (χ3v) is 5.14. The fraction of sp³-hybridized carbons (Fsp3) is 0.455. The molecule has 1 aliphatic rings. The third-order valence-electron chi connectivity index (χ3n) is 5.14. The minimum absolute atomic E-state index is 1.05. The predicted octanol–water partition coefficient (Wildman–Crippen LogP) is 4.08. The van der Waals surface area contributed by atoms with Crippen LogP contribution in [0.3, 0.4) is 0 Å². The molecule has 1 saturated heterocycles. The first-order valence-corrected chi connectivity index (χ1v) is 9.43. The summed E-state index contributed by atoms with van der Waals surface area (Å²) in [6.45, 7) is 11.3. The van der Waals surface area contributed by atoms with E-state index in [4.69, 9.17) is 0 Å². The minimum atomic E-state index is 1.05. The van der Waals surface area contributed by atoms with Gasteiger partial charge in [0.05, 0.1) is 0 Å². The lowest BCUT2D eigenvalue weighted by molar-refractivity contribution is 0.153. The number of hydrogen-bond acceptors (Lipinski definition) is 3. The normalized spacial score (nSPS) is 16.1. The molecule has 0 unspecified atom stereocenters. The number of aryl methyl sites for hydroxylation is 2. The second kappa shape index (κ2) is 8.50. The van der Waals surface area contributed by atoms with Crippen molar-refractivity contribution < 1.29 is 0 Å². The Bertz CT molecular complexity index is 594. The molecule has 0 amide bonds. The van der Waals surface area contributed by atoms with Gasteiger partial charge in [-0.1, -0.05) is 35.4 Å². The highest BCUT2D eigenvalue weighted by Crippen LogP contribution is 2.26. The van der Waals surface area contributed by atoms with Crippen molar-refractivity contribution in [3.63, 3.8) is 0 Å². The molecule has 2 aromatic carbocycles. The lowest BCUT2D eigenvalue weighted by atomic mass is 10.1. The second-order valence-electron chi connectivity index (χ2n) is 7.32. The Labute approximate surface area is 152 Å². The van der Waals surface area contributed by atoms with E-state index in [1.165, 1.54) is 61.6 Å². The fourth-order valence-corrected chi connectivity index (χ4v) is 3.38. The van der Waals surface area contributed by atoms with Crippen molar-refractivity contribution in [1.82, 2.24) is 9.80 Å². The molecule has 134 valence electrons. The summed E-state index contributed by atoms with van der Waals surface area (Å²) in [6, 6.07) is 17.8. The van der Waals surface area contributed by atoms with Gasteiger partial charge in [-0.15, -0.1) is 0 Å². The Kier molecular flexibility index (Phi) is 6.11. The number of benzene rings is 2. The van der Waals surface area contributed by atoms with Crippen LogP contribution in [-0.4, -0.2) is 56.1 Å². The maximum absolute atomic E-state index is 2.60. The zero-order chi connectivity index (χ0) is 17.6. The van der Waals surface area contributed by atoms with E-state index in [2.05, 4.69) is 84.1 Å². The van der Waals surface area contributed by atoms with Crippen LogP contribution in [0.2, 0.25) is 0 Å². The van der Waals surface area contributed by atoms with Gasteiger partial charge in [-0.05, 0) is 58.1 Å². The van der Waals surface area contributed by atoms with Crippen molar-refractivity contribution in [2.45, 2.75) is 20.3 Å². The van der Waals surface area contributed by atoms with Crippen molar-refractivity contribution in [3.8, 4) is 0 Å². The van der Waals surface area contributed by atoms with E-state index < -0.39 is 0 Å². The van der Waals surface area contributed by atoms with Crippen LogP contribution in [0.25, 0.3) is 0 Å². The molecule has 0 spiro atoms. The summed E-state index contributed by atoms with van der Waals surface area (Å²) in [4.78, 5) is 7.47. The molecule has 1 aliphatic heterocycles. The van der Waals surface area contributed by atoms with Gasteiger partial charge in [0.25, 0.3) is 0 Å². The van der Waals surface area contributed by atoms with Crippen LogP contribution < -0.4 is 4.90 Å². The monoisotopic (exact) mass is 337 g/mol. The average Bonchev–Trinajstić information content (AvgIpc) is 2.62. The highest BCUT2D eigenvalue weighted by Gasteiger charge is 2.14. The summed E-state index contributed by atoms with van der Waals surface area (Å²) in [6.07, 6.45) is 1.19. The standard InChI is InChI=1S/C22H31N3/c1-19-5-9-21(10-6-19)25(22-11-7-20(2)8-12-22)14-4-13-24-17-15-23(3)16-18-24/h5-12H,4,13-18H2,1-3H3. The van der Waals surface area contributed by atoms with Gasteiger partial charge in [0.1, 0.15) is 0 Å². The van der Waals surface area contributed by atoms with Gasteiger partial charge in [0, 0.05) is 44.1 Å². The Balaban J connectivity index is 1.66. The first-order chi connectivity index (χ1) is 12.1. The molecular formula is C22H31N3. The van der Waals surface area contributed by atoms with Gasteiger partial charge in [-0.2, -0.15) is 0 Å². The lowest BCUT2D eigenvalue weighted by Gasteiger charge is -2.33. The molecule has 25 heavy (non-hydrogen) atoms. The molecule has 0 saturated carbocycles. The fourth-order valence-electron chi connectivity index (χ4n) is 3.38. The predicted molar refractivity (Wildman–Crippen MR) is 108 cm³/mol. The van der Waals surface area contributed by atoms with Crippen LogP contribution in [0.4, 0.5) is 11.4 Å². The molecule has 0 bridgehead atoms. The van der Waals surface area contributed by atoms with Gasteiger partial charge in [-0.25, -0.2) is 0 Å². The number of hydrogen-bond donors (Lipinski definition) is 0. The molecule has 0 aliphatic carbocycles. The quantitative estimate of drug-likeness (QED) is 0.786. The van der Waals surface area contributed by atoms with Crippen LogP contribution in [0.15, 0.2) is 48.5 Å². The average molecular weight is 338 g/mol. The molecule has 0 atom stereocenters. The van der Waals surface area contributed by atoms with E-state index in [9.17, 15) is 0 Å². The number of nitrogens with zero attached hydrogens (tertiary/aromatic N) is 3. The van der Waals surface area contributed by atoms with Gasteiger partial charge >= 0.3 is 0 Å². The Morgan fingerprint density at radius 1 is 0.760 bits per heavy atom. The molecule has 2 aromatic rings. The number of anilines is 2. The zero-order valence-electron chi connectivity index (χ0n) is 15.9. The first-order valence-electron chi connectivity index (χ1n) is 9.43. The van der Waals surface area contributed by atoms with E-state index in [0.29, 0.717) is 0 Å². The molecule has 0 N–H and O–H groups in total. The van der Waals surface area contributed by atoms with Crippen molar-refractivity contribution >= 4 is 11.4 Å². The van der Waals surface area contributed by atoms with Crippen molar-refractivity contribution in [2.75, 3.05) is 51.2 Å². The maximum Gasteiger partial charge on any atom is 0.0410 e. The Morgan fingerprint density at radius 2 is 1.24 bits per heavy atom. The van der Waals surface area contributed by atoms with E-state index >= 15 is 0 Å². The van der Waals surface area contributed by atoms with Crippen molar-refractivity contribution in [3.05, 3.63) is 59.7 Å². The first kappa shape index (κ1) is 18.0. The van der Waals surface area contributed by atoms with E-state index in [0.717, 1.165) is 6.54 Å². The van der Waals surface area contributed by atoms with Crippen LogP contribution >= 0.6 is 0 Å². The third kappa shape index (κ3) is 5.07. The van der Waals surface area contributed by atoms with E-state index in [-0.39, 0.29) is 0 Å². The van der Waals surface area contributed by atoms with Crippen LogP contribution in [-0.2, 0) is 0 Å². The van der Waals surface area contributed by atoms with Crippen LogP contribution in [0.5, 0.6) is 0 Å². The minimum Gasteiger partial charge on any atom is -0.341 e. The number of likely N-dealkylation sites (N-methyl/N-ethyl adjacent to an activating group) is 1. The van der Waals surface area contributed by atoms with Gasteiger partial charge in [0.2, 0.25) is 0 Å². The molecule has 1 fully saturated rings.